The molecule has 2 aromatic carbocycles. The summed E-state index contributed by atoms with van der Waals surface area (Å²) in [6.07, 6.45) is -0.840. The molecular formula is C15H12ClF2NO2. The van der Waals surface area contributed by atoms with Gasteiger partial charge in [0.2, 0.25) is 0 Å². The molecule has 2 aromatic rings. The number of halogens is 3. The number of amides is 1. The molecule has 0 aliphatic rings. The molecule has 110 valence electrons. The standard InChI is InChI=1S/C15H12ClF2NO2/c1-8-3-9(2)5-10(4-8)21-15(20)19-14-7-13(18)12(17)6-11(14)16/h3-7H,1-2H3,(H,19,20). The van der Waals surface area contributed by atoms with Crippen LogP contribution in [0, 0.1) is 25.5 Å². The van der Waals surface area contributed by atoms with Gasteiger partial charge in [0.05, 0.1) is 10.7 Å². The van der Waals surface area contributed by atoms with Crippen molar-refractivity contribution < 1.29 is 18.3 Å². The third kappa shape index (κ3) is 3.92. The van der Waals surface area contributed by atoms with E-state index in [1.165, 1.54) is 0 Å². The number of carbonyl (C=O) groups is 1. The lowest BCUT2D eigenvalue weighted by atomic mass is 10.1. The number of nitrogens with one attached hydrogen (secondary N) is 1. The zero-order chi connectivity index (χ0) is 15.6. The van der Waals surface area contributed by atoms with Crippen molar-refractivity contribution in [1.29, 1.82) is 0 Å². The van der Waals surface area contributed by atoms with Gasteiger partial charge in [0.25, 0.3) is 0 Å². The molecule has 1 amide bonds. The molecule has 0 bridgehead atoms. The highest BCUT2D eigenvalue weighted by molar-refractivity contribution is 6.33. The van der Waals surface area contributed by atoms with Crippen LogP contribution in [0.5, 0.6) is 5.75 Å². The van der Waals surface area contributed by atoms with E-state index in [2.05, 4.69) is 5.32 Å². The molecule has 0 atom stereocenters. The van der Waals surface area contributed by atoms with Gasteiger partial charge in [0.15, 0.2) is 11.6 Å². The van der Waals surface area contributed by atoms with Gasteiger partial charge in [-0.05, 0) is 43.2 Å². The Bertz CT molecular complexity index is 684. The molecule has 0 fully saturated rings. The first-order valence-electron chi connectivity index (χ1n) is 6.07. The van der Waals surface area contributed by atoms with Gasteiger partial charge in [-0.25, -0.2) is 13.6 Å². The molecule has 3 nitrogen and oxygen atoms in total. The van der Waals surface area contributed by atoms with Crippen LogP contribution in [0.1, 0.15) is 11.1 Å². The Hall–Kier alpha value is -2.14. The van der Waals surface area contributed by atoms with E-state index in [9.17, 15) is 13.6 Å². The Morgan fingerprint density at radius 2 is 1.62 bits per heavy atom. The van der Waals surface area contributed by atoms with Crippen molar-refractivity contribution in [3.05, 3.63) is 58.1 Å². The normalized spacial score (nSPS) is 10.3. The second kappa shape index (κ2) is 6.10. The van der Waals surface area contributed by atoms with Crippen molar-refractivity contribution in [2.24, 2.45) is 0 Å². The summed E-state index contributed by atoms with van der Waals surface area (Å²) in [7, 11) is 0. The van der Waals surface area contributed by atoms with E-state index >= 15 is 0 Å². The summed E-state index contributed by atoms with van der Waals surface area (Å²) in [5.74, 6) is -1.85. The zero-order valence-electron chi connectivity index (χ0n) is 11.3. The van der Waals surface area contributed by atoms with Crippen LogP contribution in [-0.2, 0) is 0 Å². The second-order valence-corrected chi connectivity index (χ2v) is 4.99. The summed E-state index contributed by atoms with van der Waals surface area (Å²) in [6, 6.07) is 6.86. The number of anilines is 1. The van der Waals surface area contributed by atoms with Gasteiger partial charge in [-0.3, -0.25) is 5.32 Å². The van der Waals surface area contributed by atoms with E-state index < -0.39 is 17.7 Å². The van der Waals surface area contributed by atoms with Gasteiger partial charge >= 0.3 is 6.09 Å². The number of benzene rings is 2. The molecule has 1 N–H and O–H groups in total. The predicted octanol–water partition coefficient (Wildman–Crippen LogP) is 4.85. The zero-order valence-corrected chi connectivity index (χ0v) is 12.1. The second-order valence-electron chi connectivity index (χ2n) is 4.58. The van der Waals surface area contributed by atoms with Gasteiger partial charge in [0, 0.05) is 6.07 Å². The molecule has 21 heavy (non-hydrogen) atoms. The maximum atomic E-state index is 13.1. The predicted molar refractivity (Wildman–Crippen MR) is 76.9 cm³/mol. The maximum absolute atomic E-state index is 13.1. The monoisotopic (exact) mass is 311 g/mol. The smallest absolute Gasteiger partial charge is 0.410 e. The van der Waals surface area contributed by atoms with E-state index in [-0.39, 0.29) is 10.7 Å². The first kappa shape index (κ1) is 15.3. The lowest BCUT2D eigenvalue weighted by molar-refractivity contribution is 0.215. The van der Waals surface area contributed by atoms with Crippen molar-refractivity contribution in [3.63, 3.8) is 0 Å². The van der Waals surface area contributed by atoms with Crippen LogP contribution in [0.4, 0.5) is 19.3 Å². The molecule has 0 heterocycles. The molecular weight excluding hydrogens is 300 g/mol. The lowest BCUT2D eigenvalue weighted by Gasteiger charge is -2.09. The van der Waals surface area contributed by atoms with Crippen LogP contribution in [0.25, 0.3) is 0 Å². The van der Waals surface area contributed by atoms with Crippen molar-refractivity contribution in [1.82, 2.24) is 0 Å². The molecule has 6 heteroatoms. The first-order valence-corrected chi connectivity index (χ1v) is 6.44. The summed E-state index contributed by atoms with van der Waals surface area (Å²) in [5, 5.41) is 2.15. The number of ether oxygens (including phenoxy) is 1. The van der Waals surface area contributed by atoms with Crippen molar-refractivity contribution in [2.75, 3.05) is 5.32 Å². The Kier molecular flexibility index (Phi) is 4.43. The Morgan fingerprint density at radius 1 is 1.05 bits per heavy atom. The Labute approximate surface area is 125 Å². The Morgan fingerprint density at radius 3 is 2.24 bits per heavy atom. The number of hydrogen-bond acceptors (Lipinski definition) is 2. The fourth-order valence-electron chi connectivity index (χ4n) is 1.85. The van der Waals surface area contributed by atoms with Gasteiger partial charge in [-0.2, -0.15) is 0 Å². The number of rotatable bonds is 2. The lowest BCUT2D eigenvalue weighted by Crippen LogP contribution is -2.17. The molecule has 0 radical (unpaired) electrons. The summed E-state index contributed by atoms with van der Waals surface area (Å²) >= 11 is 5.72. The first-order chi connectivity index (χ1) is 9.85. The summed E-state index contributed by atoms with van der Waals surface area (Å²) < 4.78 is 31.1. The van der Waals surface area contributed by atoms with Crippen molar-refractivity contribution in [3.8, 4) is 5.75 Å². The average Bonchev–Trinajstić information content (AvgIpc) is 2.34. The van der Waals surface area contributed by atoms with Crippen LogP contribution in [-0.4, -0.2) is 6.09 Å². The summed E-state index contributed by atoms with van der Waals surface area (Å²) in [6.45, 7) is 3.73. The quantitative estimate of drug-likeness (QED) is 0.805. The fourth-order valence-corrected chi connectivity index (χ4v) is 2.05. The molecule has 0 saturated heterocycles. The average molecular weight is 312 g/mol. The highest BCUT2D eigenvalue weighted by Crippen LogP contribution is 2.25. The number of hydrogen-bond donors (Lipinski definition) is 1. The Balaban J connectivity index is 2.13. The van der Waals surface area contributed by atoms with Crippen LogP contribution < -0.4 is 10.1 Å². The highest BCUT2D eigenvalue weighted by Gasteiger charge is 2.12. The van der Waals surface area contributed by atoms with E-state index in [1.807, 2.05) is 19.9 Å². The van der Waals surface area contributed by atoms with Crippen LogP contribution in [0.15, 0.2) is 30.3 Å². The molecule has 0 aliphatic carbocycles. The largest absolute Gasteiger partial charge is 0.417 e. The topological polar surface area (TPSA) is 38.3 Å². The van der Waals surface area contributed by atoms with E-state index in [0.29, 0.717) is 5.75 Å². The minimum absolute atomic E-state index is 0.0649. The van der Waals surface area contributed by atoms with E-state index in [0.717, 1.165) is 23.3 Å². The molecule has 2 rings (SSSR count). The fraction of sp³-hybridized carbons (Fsp3) is 0.133. The number of aryl methyl sites for hydroxylation is 2. The summed E-state index contributed by atoms with van der Waals surface area (Å²) in [4.78, 5) is 11.7. The SMILES string of the molecule is Cc1cc(C)cc(OC(=O)Nc2cc(F)c(F)cc2Cl)c1. The molecule has 0 unspecified atom stereocenters. The molecule has 0 aliphatic heterocycles. The van der Waals surface area contributed by atoms with Crippen LogP contribution >= 0.6 is 11.6 Å². The van der Waals surface area contributed by atoms with Crippen molar-refractivity contribution in [2.45, 2.75) is 13.8 Å². The highest BCUT2D eigenvalue weighted by atomic mass is 35.5. The van der Waals surface area contributed by atoms with Gasteiger partial charge in [-0.1, -0.05) is 17.7 Å². The minimum Gasteiger partial charge on any atom is -0.410 e. The minimum atomic E-state index is -1.11. The van der Waals surface area contributed by atoms with Crippen LogP contribution in [0.2, 0.25) is 5.02 Å². The molecule has 0 saturated carbocycles. The van der Waals surface area contributed by atoms with Gasteiger partial charge in [0.1, 0.15) is 5.75 Å². The maximum Gasteiger partial charge on any atom is 0.417 e. The van der Waals surface area contributed by atoms with Crippen molar-refractivity contribution >= 4 is 23.4 Å². The third-order valence-corrected chi connectivity index (χ3v) is 2.97. The van der Waals surface area contributed by atoms with Gasteiger partial charge < -0.3 is 4.74 Å². The summed E-state index contributed by atoms with van der Waals surface area (Å²) in [5.41, 5.74) is 1.80. The third-order valence-electron chi connectivity index (χ3n) is 2.65. The van der Waals surface area contributed by atoms with Crippen LogP contribution in [0.3, 0.4) is 0 Å². The number of carbonyl (C=O) groups excluding carboxylic acids is 1. The van der Waals surface area contributed by atoms with Gasteiger partial charge in [-0.15, -0.1) is 0 Å². The molecule has 0 aromatic heterocycles. The van der Waals surface area contributed by atoms with E-state index in [1.54, 1.807) is 12.1 Å². The van der Waals surface area contributed by atoms with E-state index in [4.69, 9.17) is 16.3 Å². The molecule has 0 spiro atoms.